The van der Waals surface area contributed by atoms with Crippen molar-refractivity contribution in [1.29, 1.82) is 0 Å². The van der Waals surface area contributed by atoms with Crippen LogP contribution in [0.15, 0.2) is 66.9 Å². The van der Waals surface area contributed by atoms with Crippen molar-refractivity contribution in [3.63, 3.8) is 0 Å². The van der Waals surface area contributed by atoms with Crippen LogP contribution < -0.4 is 10.2 Å². The molecule has 0 aliphatic heterocycles. The first-order valence-corrected chi connectivity index (χ1v) is 8.83. The zero-order chi connectivity index (χ0) is 18.5. The van der Waals surface area contributed by atoms with E-state index in [0.29, 0.717) is 6.54 Å². The number of rotatable bonds is 6. The summed E-state index contributed by atoms with van der Waals surface area (Å²) in [6, 6.07) is 20.1. The average Bonchev–Trinajstić information content (AvgIpc) is 3.11. The number of amides is 1. The Morgan fingerprint density at radius 1 is 1.12 bits per heavy atom. The fraction of sp³-hybridized carbons (Fsp3) is 0.238. The summed E-state index contributed by atoms with van der Waals surface area (Å²) >= 11 is 0. The first-order chi connectivity index (χ1) is 12.6. The number of hydrogen-bond acceptors (Lipinski definition) is 2. The third kappa shape index (κ3) is 3.83. The van der Waals surface area contributed by atoms with Crippen LogP contribution in [0.5, 0.6) is 0 Å². The zero-order valence-corrected chi connectivity index (χ0v) is 15.4. The van der Waals surface area contributed by atoms with Gasteiger partial charge in [0.2, 0.25) is 0 Å². The number of quaternary nitrogens is 1. The molecule has 3 rings (SSSR count). The highest BCUT2D eigenvalue weighted by atomic mass is 16.2. The predicted molar refractivity (Wildman–Crippen MR) is 103 cm³/mol. The maximum absolute atomic E-state index is 12.0. The Labute approximate surface area is 154 Å². The van der Waals surface area contributed by atoms with Crippen LogP contribution in [-0.4, -0.2) is 35.8 Å². The lowest BCUT2D eigenvalue weighted by Gasteiger charge is -2.20. The molecule has 0 bridgehead atoms. The molecule has 2 N–H and O–H groups in total. The number of likely N-dealkylation sites (N-methyl/N-ethyl adjacent to an activating group) is 2. The maximum Gasteiger partial charge on any atom is 0.277 e. The molecule has 1 aromatic heterocycles. The molecule has 0 aliphatic rings. The monoisotopic (exact) mass is 349 g/mol. The molecule has 0 spiro atoms. The third-order valence-corrected chi connectivity index (χ3v) is 4.71. The molecule has 134 valence electrons. The van der Waals surface area contributed by atoms with Gasteiger partial charge in [-0.2, -0.15) is 5.10 Å². The van der Waals surface area contributed by atoms with Gasteiger partial charge in [0.15, 0.2) is 6.04 Å². The predicted octanol–water partition coefficient (Wildman–Crippen LogP) is 1.69. The Morgan fingerprint density at radius 3 is 2.35 bits per heavy atom. The molecule has 2 aromatic carbocycles. The summed E-state index contributed by atoms with van der Waals surface area (Å²) in [6.07, 6.45) is 2.07. The second-order valence-electron chi connectivity index (χ2n) is 6.51. The van der Waals surface area contributed by atoms with Crippen molar-refractivity contribution in [3.05, 3.63) is 72.4 Å². The highest BCUT2D eigenvalue weighted by molar-refractivity contribution is 5.79. The topological polar surface area (TPSA) is 51.4 Å². The van der Waals surface area contributed by atoms with Crippen LogP contribution in [0.4, 0.5) is 0 Å². The van der Waals surface area contributed by atoms with E-state index in [0.717, 1.165) is 27.4 Å². The number of carbonyl (C=O) groups excluding carboxylic acids is 1. The molecule has 0 fully saturated rings. The minimum Gasteiger partial charge on any atom is -0.354 e. The van der Waals surface area contributed by atoms with Gasteiger partial charge in [-0.15, -0.1) is 0 Å². The maximum atomic E-state index is 12.0. The molecule has 26 heavy (non-hydrogen) atoms. The van der Waals surface area contributed by atoms with E-state index < -0.39 is 0 Å². The number of para-hydroxylation sites is 1. The van der Waals surface area contributed by atoms with E-state index in [1.54, 1.807) is 7.05 Å². The van der Waals surface area contributed by atoms with Crippen LogP contribution in [0.1, 0.15) is 12.5 Å². The van der Waals surface area contributed by atoms with Crippen molar-refractivity contribution in [2.24, 2.45) is 0 Å². The smallest absolute Gasteiger partial charge is 0.277 e. The molecule has 0 radical (unpaired) electrons. The fourth-order valence-corrected chi connectivity index (χ4v) is 2.98. The third-order valence-electron chi connectivity index (χ3n) is 4.71. The minimum absolute atomic E-state index is 0.0409. The minimum atomic E-state index is -0.135. The van der Waals surface area contributed by atoms with Crippen molar-refractivity contribution < 1.29 is 9.69 Å². The Hall–Kier alpha value is -2.92. The largest absolute Gasteiger partial charge is 0.354 e. The number of benzene rings is 2. The van der Waals surface area contributed by atoms with Crippen molar-refractivity contribution in [2.75, 3.05) is 14.1 Å². The van der Waals surface area contributed by atoms with Crippen LogP contribution in [0, 0.1) is 0 Å². The summed E-state index contributed by atoms with van der Waals surface area (Å²) in [4.78, 5) is 13.1. The fourth-order valence-electron chi connectivity index (χ4n) is 2.98. The van der Waals surface area contributed by atoms with Crippen LogP contribution in [0.2, 0.25) is 0 Å². The van der Waals surface area contributed by atoms with Gasteiger partial charge in [-0.3, -0.25) is 4.79 Å². The Kier molecular flexibility index (Phi) is 5.49. The zero-order valence-electron chi connectivity index (χ0n) is 15.4. The first-order valence-electron chi connectivity index (χ1n) is 8.83. The molecule has 3 aromatic rings. The molecule has 2 atom stereocenters. The second-order valence-corrected chi connectivity index (χ2v) is 6.51. The van der Waals surface area contributed by atoms with E-state index in [4.69, 9.17) is 5.10 Å². The van der Waals surface area contributed by atoms with Gasteiger partial charge in [-0.1, -0.05) is 48.5 Å². The number of aromatic nitrogens is 2. The molecule has 1 heterocycles. The van der Waals surface area contributed by atoms with E-state index in [2.05, 4.69) is 23.6 Å². The van der Waals surface area contributed by atoms with Gasteiger partial charge in [0.25, 0.3) is 5.91 Å². The summed E-state index contributed by atoms with van der Waals surface area (Å²) in [5.41, 5.74) is 4.18. The SMILES string of the molecule is CNC(=O)[C@H](C)[NH+](C)Cc1cn(-c2ccccc2)nc1-c1ccccc1. The van der Waals surface area contributed by atoms with Crippen molar-refractivity contribution >= 4 is 5.91 Å². The summed E-state index contributed by atoms with van der Waals surface area (Å²) in [7, 11) is 3.71. The number of nitrogens with one attached hydrogen (secondary N) is 2. The molecule has 5 nitrogen and oxygen atoms in total. The lowest BCUT2D eigenvalue weighted by molar-refractivity contribution is -0.908. The Morgan fingerprint density at radius 2 is 1.73 bits per heavy atom. The van der Waals surface area contributed by atoms with Crippen molar-refractivity contribution in [2.45, 2.75) is 19.5 Å². The van der Waals surface area contributed by atoms with E-state index >= 15 is 0 Å². The second kappa shape index (κ2) is 7.97. The quantitative estimate of drug-likeness (QED) is 0.712. The van der Waals surface area contributed by atoms with E-state index in [-0.39, 0.29) is 11.9 Å². The lowest BCUT2D eigenvalue weighted by Crippen LogP contribution is -3.12. The number of nitrogens with zero attached hydrogens (tertiary/aromatic N) is 2. The van der Waals surface area contributed by atoms with Crippen molar-refractivity contribution in [1.82, 2.24) is 15.1 Å². The van der Waals surface area contributed by atoms with Crippen LogP contribution in [0.25, 0.3) is 16.9 Å². The van der Waals surface area contributed by atoms with Gasteiger partial charge in [0.1, 0.15) is 12.2 Å². The molecule has 1 unspecified atom stereocenters. The van der Waals surface area contributed by atoms with Gasteiger partial charge < -0.3 is 10.2 Å². The summed E-state index contributed by atoms with van der Waals surface area (Å²) in [5, 5.41) is 7.56. The number of carbonyl (C=O) groups is 1. The standard InChI is InChI=1S/C21H24N4O/c1-16(21(26)22-2)24(3)14-18-15-25(19-12-8-5-9-13-19)23-20(18)17-10-6-4-7-11-17/h4-13,15-16H,14H2,1-3H3,(H,22,26)/p+1/t16-/m0/s1. The van der Waals surface area contributed by atoms with E-state index in [1.807, 2.05) is 67.2 Å². The molecule has 0 saturated heterocycles. The van der Waals surface area contributed by atoms with Gasteiger partial charge in [0.05, 0.1) is 18.3 Å². The van der Waals surface area contributed by atoms with Crippen LogP contribution >= 0.6 is 0 Å². The van der Waals surface area contributed by atoms with Crippen LogP contribution in [0.3, 0.4) is 0 Å². The normalized spacial score (nSPS) is 13.2. The van der Waals surface area contributed by atoms with E-state index in [1.165, 1.54) is 0 Å². The van der Waals surface area contributed by atoms with Gasteiger partial charge >= 0.3 is 0 Å². The van der Waals surface area contributed by atoms with Gasteiger partial charge in [-0.05, 0) is 19.1 Å². The lowest BCUT2D eigenvalue weighted by atomic mass is 10.1. The number of hydrogen-bond donors (Lipinski definition) is 2. The molecular weight excluding hydrogens is 324 g/mol. The summed E-state index contributed by atoms with van der Waals surface area (Å²) in [6.45, 7) is 2.66. The van der Waals surface area contributed by atoms with Gasteiger partial charge in [0, 0.05) is 18.8 Å². The molecule has 0 saturated carbocycles. The highest BCUT2D eigenvalue weighted by Gasteiger charge is 2.23. The van der Waals surface area contributed by atoms with Gasteiger partial charge in [-0.25, -0.2) is 4.68 Å². The van der Waals surface area contributed by atoms with Crippen LogP contribution in [-0.2, 0) is 11.3 Å². The van der Waals surface area contributed by atoms with E-state index in [9.17, 15) is 4.79 Å². The first kappa shape index (κ1) is 17.9. The average molecular weight is 349 g/mol. The Bertz CT molecular complexity index is 858. The molecule has 1 amide bonds. The molecular formula is C21H25N4O+. The molecule has 5 heteroatoms. The van der Waals surface area contributed by atoms with Crippen molar-refractivity contribution in [3.8, 4) is 16.9 Å². The summed E-state index contributed by atoms with van der Waals surface area (Å²) < 4.78 is 1.91. The highest BCUT2D eigenvalue weighted by Crippen LogP contribution is 2.23. The Balaban J connectivity index is 1.97. The molecule has 0 aliphatic carbocycles. The summed E-state index contributed by atoms with van der Waals surface area (Å²) in [5.74, 6) is 0.0409.